The molecule has 0 bridgehead atoms. The summed E-state index contributed by atoms with van der Waals surface area (Å²) in [6.07, 6.45) is 4.73. The third-order valence-electron chi connectivity index (χ3n) is 2.80. The van der Waals surface area contributed by atoms with Gasteiger partial charge in [-0.05, 0) is 34.0 Å². The van der Waals surface area contributed by atoms with Gasteiger partial charge in [-0.1, -0.05) is 6.08 Å². The summed E-state index contributed by atoms with van der Waals surface area (Å²) in [4.78, 5) is 16.9. The van der Waals surface area contributed by atoms with Crippen LogP contribution in [0, 0.1) is 0 Å². The van der Waals surface area contributed by atoms with E-state index < -0.39 is 0 Å². The maximum absolute atomic E-state index is 12.1. The summed E-state index contributed by atoms with van der Waals surface area (Å²) >= 11 is 3.32. The first-order valence-corrected chi connectivity index (χ1v) is 6.30. The number of amides is 1. The highest BCUT2D eigenvalue weighted by molar-refractivity contribution is 9.10. The molecule has 0 spiro atoms. The quantitative estimate of drug-likeness (QED) is 0.870. The molecule has 0 aliphatic carbocycles. The van der Waals surface area contributed by atoms with Crippen LogP contribution >= 0.6 is 15.9 Å². The van der Waals surface area contributed by atoms with Crippen molar-refractivity contribution in [2.75, 3.05) is 26.8 Å². The Labute approximate surface area is 109 Å². The number of ether oxygens (including phenoxy) is 1. The van der Waals surface area contributed by atoms with Crippen molar-refractivity contribution in [3.05, 3.63) is 34.1 Å². The number of hydrogen-bond donors (Lipinski definition) is 1. The van der Waals surface area contributed by atoms with Gasteiger partial charge in [0.1, 0.15) is 5.69 Å². The van der Waals surface area contributed by atoms with Gasteiger partial charge >= 0.3 is 0 Å². The summed E-state index contributed by atoms with van der Waals surface area (Å²) in [5.41, 5.74) is 1.89. The van der Waals surface area contributed by atoms with Crippen LogP contribution in [-0.2, 0) is 4.74 Å². The van der Waals surface area contributed by atoms with E-state index in [1.807, 2.05) is 4.90 Å². The minimum Gasteiger partial charge on any atom is -0.380 e. The second kappa shape index (κ2) is 5.51. The van der Waals surface area contributed by atoms with Crippen molar-refractivity contribution in [3.8, 4) is 0 Å². The minimum atomic E-state index is 0.0448. The van der Waals surface area contributed by atoms with Crippen LogP contribution < -0.4 is 0 Å². The molecule has 5 heteroatoms. The lowest BCUT2D eigenvalue weighted by molar-refractivity contribution is 0.0760. The Bertz CT molecular complexity index is 439. The molecule has 0 saturated heterocycles. The highest BCUT2D eigenvalue weighted by atomic mass is 79.9. The molecule has 4 nitrogen and oxygen atoms in total. The number of aromatic nitrogens is 1. The SMILES string of the molecule is COCC1=CCN(C(=O)c2cc(Br)c[nH]2)CC1. The fraction of sp³-hybridized carbons (Fsp3) is 0.417. The second-order valence-electron chi connectivity index (χ2n) is 4.03. The lowest BCUT2D eigenvalue weighted by atomic mass is 10.1. The average molecular weight is 299 g/mol. The summed E-state index contributed by atoms with van der Waals surface area (Å²) in [5.74, 6) is 0.0448. The number of rotatable bonds is 3. The number of hydrogen-bond acceptors (Lipinski definition) is 2. The number of halogens is 1. The van der Waals surface area contributed by atoms with Gasteiger partial charge < -0.3 is 14.6 Å². The molecule has 1 aromatic rings. The molecule has 1 aromatic heterocycles. The fourth-order valence-electron chi connectivity index (χ4n) is 1.87. The van der Waals surface area contributed by atoms with Gasteiger partial charge in [0.15, 0.2) is 0 Å². The largest absolute Gasteiger partial charge is 0.380 e. The number of methoxy groups -OCH3 is 1. The van der Waals surface area contributed by atoms with Gasteiger partial charge in [-0.2, -0.15) is 0 Å². The van der Waals surface area contributed by atoms with Crippen molar-refractivity contribution >= 4 is 21.8 Å². The molecule has 0 unspecified atom stereocenters. The standard InChI is InChI=1S/C12H15BrN2O2/c1-17-8-9-2-4-15(5-3-9)12(16)11-6-10(13)7-14-11/h2,6-7,14H,3-5,8H2,1H3. The molecule has 0 aromatic carbocycles. The predicted octanol–water partition coefficient (Wildman–Crippen LogP) is 2.20. The van der Waals surface area contributed by atoms with Crippen molar-refractivity contribution < 1.29 is 9.53 Å². The van der Waals surface area contributed by atoms with Gasteiger partial charge in [0.25, 0.3) is 5.91 Å². The van der Waals surface area contributed by atoms with E-state index in [4.69, 9.17) is 4.74 Å². The van der Waals surface area contributed by atoms with Crippen molar-refractivity contribution in [1.82, 2.24) is 9.88 Å². The Balaban J connectivity index is 1.99. The zero-order valence-corrected chi connectivity index (χ0v) is 11.3. The molecule has 0 fully saturated rings. The van der Waals surface area contributed by atoms with Crippen LogP contribution in [0.4, 0.5) is 0 Å². The van der Waals surface area contributed by atoms with E-state index in [2.05, 4.69) is 27.0 Å². The number of nitrogens with zero attached hydrogens (tertiary/aromatic N) is 1. The minimum absolute atomic E-state index is 0.0448. The Kier molecular flexibility index (Phi) is 4.02. The first-order chi connectivity index (χ1) is 8.20. The number of carbonyl (C=O) groups excluding carboxylic acids is 1. The molecule has 0 atom stereocenters. The number of carbonyl (C=O) groups is 1. The van der Waals surface area contributed by atoms with Gasteiger partial charge in [-0.25, -0.2) is 0 Å². The van der Waals surface area contributed by atoms with E-state index in [0.717, 1.165) is 17.4 Å². The molecule has 2 rings (SSSR count). The van der Waals surface area contributed by atoms with Crippen LogP contribution in [0.1, 0.15) is 16.9 Å². The smallest absolute Gasteiger partial charge is 0.270 e. The topological polar surface area (TPSA) is 45.3 Å². The van der Waals surface area contributed by atoms with Gasteiger partial charge in [0, 0.05) is 30.9 Å². The Morgan fingerprint density at radius 2 is 2.47 bits per heavy atom. The molecular formula is C12H15BrN2O2. The van der Waals surface area contributed by atoms with Crippen molar-refractivity contribution in [1.29, 1.82) is 0 Å². The van der Waals surface area contributed by atoms with Crippen LogP contribution in [0.25, 0.3) is 0 Å². The molecular weight excluding hydrogens is 284 g/mol. The Hall–Kier alpha value is -1.07. The van der Waals surface area contributed by atoms with Crippen LogP contribution in [0.2, 0.25) is 0 Å². The molecule has 0 radical (unpaired) electrons. The van der Waals surface area contributed by atoms with E-state index >= 15 is 0 Å². The summed E-state index contributed by atoms with van der Waals surface area (Å²) in [6, 6.07) is 1.80. The summed E-state index contributed by atoms with van der Waals surface area (Å²) in [7, 11) is 1.69. The zero-order chi connectivity index (χ0) is 12.3. The van der Waals surface area contributed by atoms with Crippen molar-refractivity contribution in [2.45, 2.75) is 6.42 Å². The van der Waals surface area contributed by atoms with Crippen molar-refractivity contribution in [2.24, 2.45) is 0 Å². The molecule has 1 N–H and O–H groups in total. The lowest BCUT2D eigenvalue weighted by Crippen LogP contribution is -2.35. The molecule has 1 amide bonds. The highest BCUT2D eigenvalue weighted by Crippen LogP contribution is 2.16. The van der Waals surface area contributed by atoms with Gasteiger partial charge in [-0.3, -0.25) is 4.79 Å². The summed E-state index contributed by atoms with van der Waals surface area (Å²) in [5, 5.41) is 0. The third kappa shape index (κ3) is 2.98. The van der Waals surface area contributed by atoms with Crippen LogP contribution in [0.5, 0.6) is 0 Å². The Morgan fingerprint density at radius 1 is 1.65 bits per heavy atom. The predicted molar refractivity (Wildman–Crippen MR) is 69.0 cm³/mol. The molecule has 0 saturated carbocycles. The van der Waals surface area contributed by atoms with Crippen molar-refractivity contribution in [3.63, 3.8) is 0 Å². The molecule has 1 aliphatic rings. The van der Waals surface area contributed by atoms with Crippen LogP contribution in [-0.4, -0.2) is 42.6 Å². The second-order valence-corrected chi connectivity index (χ2v) is 4.94. The number of H-pyrrole nitrogens is 1. The van der Waals surface area contributed by atoms with Gasteiger partial charge in [0.05, 0.1) is 6.61 Å². The average Bonchev–Trinajstić information content (AvgIpc) is 2.76. The monoisotopic (exact) mass is 298 g/mol. The molecule has 2 heterocycles. The van der Waals surface area contributed by atoms with E-state index in [-0.39, 0.29) is 5.91 Å². The first kappa shape index (κ1) is 12.4. The summed E-state index contributed by atoms with van der Waals surface area (Å²) < 4.78 is 5.98. The molecule has 1 aliphatic heterocycles. The molecule has 92 valence electrons. The van der Waals surface area contributed by atoms with Crippen LogP contribution in [0.3, 0.4) is 0 Å². The van der Waals surface area contributed by atoms with Gasteiger partial charge in [-0.15, -0.1) is 0 Å². The first-order valence-electron chi connectivity index (χ1n) is 5.50. The lowest BCUT2D eigenvalue weighted by Gasteiger charge is -2.25. The highest BCUT2D eigenvalue weighted by Gasteiger charge is 2.19. The molecule has 17 heavy (non-hydrogen) atoms. The van der Waals surface area contributed by atoms with E-state index in [1.165, 1.54) is 5.57 Å². The van der Waals surface area contributed by atoms with Gasteiger partial charge in [0.2, 0.25) is 0 Å². The van der Waals surface area contributed by atoms with E-state index in [9.17, 15) is 4.79 Å². The van der Waals surface area contributed by atoms with Crippen LogP contribution in [0.15, 0.2) is 28.4 Å². The Morgan fingerprint density at radius 3 is 3.00 bits per heavy atom. The third-order valence-corrected chi connectivity index (χ3v) is 3.26. The van der Waals surface area contributed by atoms with E-state index in [0.29, 0.717) is 18.8 Å². The maximum atomic E-state index is 12.1. The summed E-state index contributed by atoms with van der Waals surface area (Å²) in [6.45, 7) is 2.08. The fourth-order valence-corrected chi connectivity index (χ4v) is 2.22. The zero-order valence-electron chi connectivity index (χ0n) is 9.70. The number of nitrogens with one attached hydrogen (secondary N) is 1. The number of aromatic amines is 1. The maximum Gasteiger partial charge on any atom is 0.270 e. The van der Waals surface area contributed by atoms with E-state index in [1.54, 1.807) is 19.4 Å². The normalized spacial score (nSPS) is 15.9.